The Morgan fingerprint density at radius 3 is 1.18 bits per heavy atom. The largest absolute Gasteiger partial charge is 0.481 e. The lowest BCUT2D eigenvalue weighted by Gasteiger charge is -2.08. The van der Waals surface area contributed by atoms with E-state index in [1.807, 2.05) is 0 Å². The number of carboxylic acids is 1. The first kappa shape index (κ1) is 33.1. The summed E-state index contributed by atoms with van der Waals surface area (Å²) in [4.78, 5) is 21.8. The zero-order chi connectivity index (χ0) is 25.0. The highest BCUT2D eigenvalue weighted by atomic mass is 79.9. The van der Waals surface area contributed by atoms with Crippen LogP contribution in [0.3, 0.4) is 0 Å². The topological polar surface area (TPSA) is 128 Å². The molecule has 0 aliphatic heterocycles. The lowest BCUT2D eigenvalue weighted by atomic mass is 10.2. The van der Waals surface area contributed by atoms with Gasteiger partial charge in [-0.25, -0.2) is 0 Å². The lowest BCUT2D eigenvalue weighted by Crippen LogP contribution is -2.15. The third-order valence-electron chi connectivity index (χ3n) is 3.97. The molecule has 0 spiro atoms. The zero-order valence-corrected chi connectivity index (χ0v) is 21.6. The number of unbranched alkanes of at least 4 members (excludes halogenated alkanes) is 1. The van der Waals surface area contributed by atoms with Crippen molar-refractivity contribution in [2.45, 2.75) is 25.7 Å². The minimum absolute atomic E-state index is 0.0664. The first-order valence-electron chi connectivity index (χ1n) is 11.6. The van der Waals surface area contributed by atoms with Crippen molar-refractivity contribution in [1.82, 2.24) is 0 Å². The molecule has 0 amide bonds. The van der Waals surface area contributed by atoms with Crippen molar-refractivity contribution in [3.8, 4) is 0 Å². The van der Waals surface area contributed by atoms with E-state index < -0.39 is 5.97 Å². The average Bonchev–Trinajstić information content (AvgIpc) is 2.82. The Morgan fingerprint density at radius 2 is 0.824 bits per heavy atom. The SMILES string of the molecule is O=C(O)CCCCC(=O)OCCOCCOCCOCCOCCOCCOCCOCCBr. The molecule has 0 radical (unpaired) electrons. The van der Waals surface area contributed by atoms with Gasteiger partial charge in [-0.15, -0.1) is 0 Å². The van der Waals surface area contributed by atoms with E-state index in [-0.39, 0.29) is 25.4 Å². The molecular weight excluding hydrogens is 520 g/mol. The van der Waals surface area contributed by atoms with Crippen LogP contribution in [0, 0.1) is 0 Å². The summed E-state index contributed by atoms with van der Waals surface area (Å²) in [6.45, 7) is 7.12. The van der Waals surface area contributed by atoms with Crippen LogP contribution in [-0.4, -0.2) is 121 Å². The molecule has 0 fully saturated rings. The Balaban J connectivity index is 3.10. The molecule has 11 nitrogen and oxygen atoms in total. The number of carboxylic acid groups (broad SMARTS) is 1. The molecule has 0 bridgehead atoms. The first-order valence-corrected chi connectivity index (χ1v) is 12.8. The van der Waals surface area contributed by atoms with E-state index >= 15 is 0 Å². The Morgan fingerprint density at radius 1 is 0.500 bits per heavy atom. The van der Waals surface area contributed by atoms with Gasteiger partial charge >= 0.3 is 11.9 Å². The summed E-state index contributed by atoms with van der Waals surface area (Å²) in [6, 6.07) is 0. The van der Waals surface area contributed by atoms with Gasteiger partial charge in [0.15, 0.2) is 0 Å². The van der Waals surface area contributed by atoms with Gasteiger partial charge in [0.25, 0.3) is 0 Å². The summed E-state index contributed by atoms with van der Waals surface area (Å²) < 4.78 is 42.5. The summed E-state index contributed by atoms with van der Waals surface area (Å²) in [6.07, 6.45) is 1.26. The summed E-state index contributed by atoms with van der Waals surface area (Å²) in [5.41, 5.74) is 0. The van der Waals surface area contributed by atoms with Crippen LogP contribution < -0.4 is 0 Å². The van der Waals surface area contributed by atoms with Gasteiger partial charge in [0.05, 0.1) is 92.5 Å². The molecule has 0 atom stereocenters. The van der Waals surface area contributed by atoms with Crippen molar-refractivity contribution in [3.63, 3.8) is 0 Å². The minimum Gasteiger partial charge on any atom is -0.481 e. The van der Waals surface area contributed by atoms with Crippen molar-refractivity contribution in [3.05, 3.63) is 0 Å². The first-order chi connectivity index (χ1) is 16.7. The third-order valence-corrected chi connectivity index (χ3v) is 4.29. The number of carbonyl (C=O) groups is 2. The quantitative estimate of drug-likeness (QED) is 0.0852. The van der Waals surface area contributed by atoms with Gasteiger partial charge < -0.3 is 43.0 Å². The summed E-state index contributed by atoms with van der Waals surface area (Å²) in [5, 5.41) is 9.34. The fourth-order valence-electron chi connectivity index (χ4n) is 2.31. The molecule has 202 valence electrons. The predicted octanol–water partition coefficient (Wildman–Crippen LogP) is 1.69. The molecule has 1 N–H and O–H groups in total. The Labute approximate surface area is 210 Å². The summed E-state index contributed by atoms with van der Waals surface area (Å²) in [5.74, 6) is -1.20. The Kier molecular flexibility index (Phi) is 27.7. The van der Waals surface area contributed by atoms with Crippen LogP contribution in [0.1, 0.15) is 25.7 Å². The highest BCUT2D eigenvalue weighted by Gasteiger charge is 2.04. The molecule has 0 heterocycles. The number of ether oxygens (including phenoxy) is 8. The van der Waals surface area contributed by atoms with Crippen LogP contribution in [0.15, 0.2) is 0 Å². The molecule has 0 rings (SSSR count). The van der Waals surface area contributed by atoms with Gasteiger partial charge in [0.1, 0.15) is 6.61 Å². The number of alkyl halides is 1. The molecule has 0 aliphatic rings. The number of hydrogen-bond donors (Lipinski definition) is 1. The number of carbonyl (C=O) groups excluding carboxylic acids is 1. The monoisotopic (exact) mass is 560 g/mol. The number of aliphatic carboxylic acids is 1. The van der Waals surface area contributed by atoms with Crippen molar-refractivity contribution < 1.29 is 52.6 Å². The maximum atomic E-state index is 11.4. The molecule has 34 heavy (non-hydrogen) atoms. The highest BCUT2D eigenvalue weighted by molar-refractivity contribution is 9.09. The van der Waals surface area contributed by atoms with E-state index in [2.05, 4.69) is 15.9 Å². The van der Waals surface area contributed by atoms with E-state index in [1.165, 1.54) is 0 Å². The molecule has 0 saturated carbocycles. The molecule has 0 aromatic rings. The minimum atomic E-state index is -0.858. The standard InChI is InChI=1S/C22H41BrO11/c23-5-6-27-7-8-28-9-10-29-11-12-30-13-14-31-15-16-32-17-18-33-19-20-34-22(26)4-2-1-3-21(24)25/h1-20H2,(H,24,25). The van der Waals surface area contributed by atoms with Crippen LogP contribution in [0.25, 0.3) is 0 Å². The molecule has 0 aromatic heterocycles. The third kappa shape index (κ3) is 29.2. The highest BCUT2D eigenvalue weighted by Crippen LogP contribution is 2.01. The maximum absolute atomic E-state index is 11.4. The van der Waals surface area contributed by atoms with E-state index in [9.17, 15) is 9.59 Å². The molecule has 0 aromatic carbocycles. The molecule has 0 unspecified atom stereocenters. The van der Waals surface area contributed by atoms with Crippen LogP contribution in [0.2, 0.25) is 0 Å². The van der Waals surface area contributed by atoms with Gasteiger partial charge in [-0.1, -0.05) is 15.9 Å². The van der Waals surface area contributed by atoms with E-state index in [4.69, 9.17) is 43.0 Å². The fraction of sp³-hybridized carbons (Fsp3) is 0.909. The van der Waals surface area contributed by atoms with Crippen LogP contribution in [0.4, 0.5) is 0 Å². The van der Waals surface area contributed by atoms with Crippen molar-refractivity contribution in [2.75, 3.05) is 104 Å². The smallest absolute Gasteiger partial charge is 0.305 e. The maximum Gasteiger partial charge on any atom is 0.305 e. The fourth-order valence-corrected chi connectivity index (χ4v) is 2.54. The van der Waals surface area contributed by atoms with Crippen molar-refractivity contribution in [2.24, 2.45) is 0 Å². The molecular formula is C22H41BrO11. The second-order valence-electron chi connectivity index (χ2n) is 6.80. The average molecular weight is 561 g/mol. The molecule has 0 saturated heterocycles. The number of hydrogen-bond acceptors (Lipinski definition) is 10. The van der Waals surface area contributed by atoms with Crippen molar-refractivity contribution >= 4 is 27.9 Å². The summed E-state index contributed by atoms with van der Waals surface area (Å²) >= 11 is 3.28. The Hall–Kier alpha value is -0.860. The number of esters is 1. The second-order valence-corrected chi connectivity index (χ2v) is 7.59. The predicted molar refractivity (Wildman–Crippen MR) is 127 cm³/mol. The van der Waals surface area contributed by atoms with Gasteiger partial charge in [0, 0.05) is 18.2 Å². The molecule has 12 heteroatoms. The lowest BCUT2D eigenvalue weighted by molar-refractivity contribution is -0.146. The normalized spacial score (nSPS) is 11.1. The van der Waals surface area contributed by atoms with Gasteiger partial charge in [-0.3, -0.25) is 9.59 Å². The van der Waals surface area contributed by atoms with E-state index in [0.29, 0.717) is 105 Å². The van der Waals surface area contributed by atoms with Crippen LogP contribution in [-0.2, 0) is 47.5 Å². The van der Waals surface area contributed by atoms with Gasteiger partial charge in [-0.05, 0) is 12.8 Å². The number of halogens is 1. The van der Waals surface area contributed by atoms with Gasteiger partial charge in [-0.2, -0.15) is 0 Å². The number of rotatable bonds is 28. The van der Waals surface area contributed by atoms with E-state index in [1.54, 1.807) is 0 Å². The zero-order valence-electron chi connectivity index (χ0n) is 20.0. The molecule has 0 aliphatic carbocycles. The van der Waals surface area contributed by atoms with Gasteiger partial charge in [0.2, 0.25) is 0 Å². The van der Waals surface area contributed by atoms with Crippen molar-refractivity contribution in [1.29, 1.82) is 0 Å². The van der Waals surface area contributed by atoms with E-state index in [0.717, 1.165) is 5.33 Å². The van der Waals surface area contributed by atoms with Crippen LogP contribution in [0.5, 0.6) is 0 Å². The summed E-state index contributed by atoms with van der Waals surface area (Å²) in [7, 11) is 0. The Bertz CT molecular complexity index is 455. The van der Waals surface area contributed by atoms with Crippen LogP contribution >= 0.6 is 15.9 Å². The second kappa shape index (κ2) is 28.4.